The summed E-state index contributed by atoms with van der Waals surface area (Å²) < 4.78 is 34.0. The van der Waals surface area contributed by atoms with Crippen molar-refractivity contribution in [3.63, 3.8) is 0 Å². The molecule has 2 aliphatic heterocycles. The fourth-order valence-electron chi connectivity index (χ4n) is 3.69. The molecular weight excluding hydrogens is 482 g/mol. The third kappa shape index (κ3) is 3.84. The number of hydrogen-bond donors (Lipinski definition) is 1. The van der Waals surface area contributed by atoms with Crippen LogP contribution in [0, 0.1) is 0 Å². The van der Waals surface area contributed by atoms with Crippen molar-refractivity contribution in [1.82, 2.24) is 0 Å². The molecule has 0 radical (unpaired) electrons. The largest absolute Gasteiger partial charge is 0.493 e. The molecule has 0 saturated heterocycles. The van der Waals surface area contributed by atoms with E-state index in [2.05, 4.69) is 22.5 Å². The van der Waals surface area contributed by atoms with Gasteiger partial charge in [0.15, 0.2) is 23.0 Å². The molecule has 2 heterocycles. The highest BCUT2D eigenvalue weighted by Crippen LogP contribution is 2.50. The van der Waals surface area contributed by atoms with Crippen molar-refractivity contribution in [1.29, 1.82) is 0 Å². The lowest BCUT2D eigenvalue weighted by Gasteiger charge is -2.29. The molecule has 0 bridgehead atoms. The van der Waals surface area contributed by atoms with Crippen LogP contribution in [-0.4, -0.2) is 33.1 Å². The van der Waals surface area contributed by atoms with E-state index in [0.29, 0.717) is 51.0 Å². The average molecular weight is 504 g/mol. The monoisotopic (exact) mass is 503 g/mol. The van der Waals surface area contributed by atoms with Crippen molar-refractivity contribution >= 4 is 21.9 Å². The van der Waals surface area contributed by atoms with Gasteiger partial charge in [-0.15, -0.1) is 0 Å². The Morgan fingerprint density at radius 1 is 1.25 bits per heavy atom. The van der Waals surface area contributed by atoms with Crippen LogP contribution in [0.3, 0.4) is 0 Å². The number of ether oxygens (including phenoxy) is 6. The minimum atomic E-state index is -0.606. The number of carbonyl (C=O) groups excluding carboxylic acids is 1. The summed E-state index contributed by atoms with van der Waals surface area (Å²) in [7, 11) is 1.54. The first kappa shape index (κ1) is 21.9. The molecule has 2 aromatic carbocycles. The highest BCUT2D eigenvalue weighted by atomic mass is 79.9. The van der Waals surface area contributed by atoms with Crippen LogP contribution in [0.4, 0.5) is 0 Å². The molecule has 0 amide bonds. The van der Waals surface area contributed by atoms with Crippen LogP contribution in [0.25, 0.3) is 0 Å². The van der Waals surface area contributed by atoms with Gasteiger partial charge in [-0.05, 0) is 46.6 Å². The van der Waals surface area contributed by atoms with E-state index in [1.807, 2.05) is 6.07 Å². The molecular formula is C23H22BrNO7. The molecule has 0 aromatic heterocycles. The molecule has 1 unspecified atom stereocenters. The van der Waals surface area contributed by atoms with E-state index < -0.39 is 11.9 Å². The Kier molecular flexibility index (Phi) is 6.18. The van der Waals surface area contributed by atoms with E-state index >= 15 is 0 Å². The second-order valence-electron chi connectivity index (χ2n) is 6.91. The van der Waals surface area contributed by atoms with Gasteiger partial charge in [0.25, 0.3) is 0 Å². The summed E-state index contributed by atoms with van der Waals surface area (Å²) in [6.45, 7) is 6.00. The molecule has 4 rings (SSSR count). The summed E-state index contributed by atoms with van der Waals surface area (Å²) in [5.74, 6) is 1.34. The molecule has 2 aromatic rings. The maximum Gasteiger partial charge on any atom is 0.340 e. The number of fused-ring (bicyclic) bond motifs is 2. The molecule has 32 heavy (non-hydrogen) atoms. The topological polar surface area (TPSA) is 98.5 Å². The van der Waals surface area contributed by atoms with Gasteiger partial charge >= 0.3 is 5.97 Å². The van der Waals surface area contributed by atoms with Gasteiger partial charge in [0.2, 0.25) is 12.7 Å². The van der Waals surface area contributed by atoms with Crippen molar-refractivity contribution < 1.29 is 33.2 Å². The summed E-state index contributed by atoms with van der Waals surface area (Å²) in [6, 6.07) is 7.13. The Bertz CT molecular complexity index is 1110. The van der Waals surface area contributed by atoms with E-state index in [-0.39, 0.29) is 24.9 Å². The SMILES string of the molecule is C=CCOc1c(Br)cc(C2C(C(=O)OCC)=C(N)Oc3cc4c(cc32)OCO4)cc1OC. The molecule has 2 aliphatic rings. The van der Waals surface area contributed by atoms with Crippen LogP contribution < -0.4 is 29.4 Å². The van der Waals surface area contributed by atoms with E-state index in [4.69, 9.17) is 34.2 Å². The second kappa shape index (κ2) is 9.04. The second-order valence-corrected chi connectivity index (χ2v) is 7.76. The van der Waals surface area contributed by atoms with Gasteiger partial charge in [0.1, 0.15) is 17.9 Å². The van der Waals surface area contributed by atoms with Crippen molar-refractivity contribution in [3.05, 3.63) is 64.0 Å². The average Bonchev–Trinajstić information content (AvgIpc) is 3.22. The molecule has 0 spiro atoms. The zero-order valence-corrected chi connectivity index (χ0v) is 19.2. The van der Waals surface area contributed by atoms with Gasteiger partial charge in [-0.25, -0.2) is 4.79 Å². The summed E-state index contributed by atoms with van der Waals surface area (Å²) in [5, 5.41) is 0. The van der Waals surface area contributed by atoms with E-state index in [9.17, 15) is 4.79 Å². The summed E-state index contributed by atoms with van der Waals surface area (Å²) in [4.78, 5) is 12.9. The van der Waals surface area contributed by atoms with Crippen molar-refractivity contribution in [2.75, 3.05) is 27.1 Å². The standard InChI is InChI=1S/C23H22BrNO7/c1-4-6-29-21-14(24)7-12(8-18(21)27-3)19-13-9-16-17(31-11-30-16)10-15(13)32-22(25)20(19)23(26)28-5-2/h4,7-10,19H,1,5-6,11,25H2,2-3H3. The third-order valence-electron chi connectivity index (χ3n) is 5.02. The Morgan fingerprint density at radius 2 is 2.00 bits per heavy atom. The number of benzene rings is 2. The number of carbonyl (C=O) groups is 1. The Labute approximate surface area is 193 Å². The van der Waals surface area contributed by atoms with Crippen LogP contribution in [0.15, 0.2) is 52.8 Å². The van der Waals surface area contributed by atoms with Crippen LogP contribution in [0.2, 0.25) is 0 Å². The van der Waals surface area contributed by atoms with Crippen molar-refractivity contribution in [2.24, 2.45) is 5.73 Å². The molecule has 0 aliphatic carbocycles. The minimum absolute atomic E-state index is 0.0399. The molecule has 2 N–H and O–H groups in total. The molecule has 1 atom stereocenters. The molecule has 168 valence electrons. The lowest BCUT2D eigenvalue weighted by molar-refractivity contribution is -0.139. The predicted octanol–water partition coefficient (Wildman–Crippen LogP) is 4.01. The van der Waals surface area contributed by atoms with E-state index in [1.54, 1.807) is 38.3 Å². The van der Waals surface area contributed by atoms with Gasteiger partial charge in [-0.1, -0.05) is 12.7 Å². The normalized spacial score (nSPS) is 16.2. The number of rotatable bonds is 7. The quantitative estimate of drug-likeness (QED) is 0.446. The summed E-state index contributed by atoms with van der Waals surface area (Å²) >= 11 is 3.55. The lowest BCUT2D eigenvalue weighted by atomic mass is 9.82. The highest BCUT2D eigenvalue weighted by molar-refractivity contribution is 9.10. The Hall–Kier alpha value is -3.33. The molecule has 0 saturated carbocycles. The van der Waals surface area contributed by atoms with Crippen LogP contribution >= 0.6 is 15.9 Å². The van der Waals surface area contributed by atoms with E-state index in [0.717, 1.165) is 0 Å². The first-order valence-corrected chi connectivity index (χ1v) is 10.7. The summed E-state index contributed by atoms with van der Waals surface area (Å²) in [5.41, 5.74) is 7.79. The lowest BCUT2D eigenvalue weighted by Crippen LogP contribution is -2.27. The number of nitrogens with two attached hydrogens (primary N) is 1. The van der Waals surface area contributed by atoms with Gasteiger partial charge in [0, 0.05) is 11.6 Å². The van der Waals surface area contributed by atoms with Crippen molar-refractivity contribution in [2.45, 2.75) is 12.8 Å². The zero-order chi connectivity index (χ0) is 22.8. The Balaban J connectivity index is 1.90. The Morgan fingerprint density at radius 3 is 2.69 bits per heavy atom. The van der Waals surface area contributed by atoms with Gasteiger partial charge < -0.3 is 34.2 Å². The first-order valence-electron chi connectivity index (χ1n) is 9.87. The molecule has 9 heteroatoms. The van der Waals surface area contributed by atoms with Gasteiger partial charge in [0.05, 0.1) is 24.1 Å². The molecule has 8 nitrogen and oxygen atoms in total. The predicted molar refractivity (Wildman–Crippen MR) is 119 cm³/mol. The molecule has 0 fully saturated rings. The summed E-state index contributed by atoms with van der Waals surface area (Å²) in [6.07, 6.45) is 1.64. The first-order chi connectivity index (χ1) is 15.5. The third-order valence-corrected chi connectivity index (χ3v) is 5.61. The van der Waals surface area contributed by atoms with Crippen LogP contribution in [0.5, 0.6) is 28.7 Å². The number of esters is 1. The number of methoxy groups -OCH3 is 1. The maximum atomic E-state index is 12.9. The number of hydrogen-bond acceptors (Lipinski definition) is 8. The zero-order valence-electron chi connectivity index (χ0n) is 17.6. The van der Waals surface area contributed by atoms with Gasteiger partial charge in [-0.2, -0.15) is 0 Å². The fourth-order valence-corrected chi connectivity index (χ4v) is 4.26. The van der Waals surface area contributed by atoms with E-state index in [1.165, 1.54) is 0 Å². The minimum Gasteiger partial charge on any atom is -0.493 e. The van der Waals surface area contributed by atoms with Crippen LogP contribution in [-0.2, 0) is 9.53 Å². The maximum absolute atomic E-state index is 12.9. The van der Waals surface area contributed by atoms with Crippen LogP contribution in [0.1, 0.15) is 24.0 Å². The van der Waals surface area contributed by atoms with Gasteiger partial charge in [-0.3, -0.25) is 0 Å². The smallest absolute Gasteiger partial charge is 0.340 e. The number of halogens is 1. The fraction of sp³-hybridized carbons (Fsp3) is 0.261. The van der Waals surface area contributed by atoms with Crippen molar-refractivity contribution in [3.8, 4) is 28.7 Å². The highest BCUT2D eigenvalue weighted by Gasteiger charge is 2.38.